The van der Waals surface area contributed by atoms with Gasteiger partial charge in [0.2, 0.25) is 11.8 Å². The Bertz CT molecular complexity index is 637. The van der Waals surface area contributed by atoms with Crippen molar-refractivity contribution in [2.45, 2.75) is 76.9 Å². The molecule has 0 bridgehead atoms. The molecule has 1 saturated carbocycles. The van der Waals surface area contributed by atoms with Gasteiger partial charge in [0.05, 0.1) is 6.61 Å². The molecule has 0 aromatic heterocycles. The molecule has 1 N–H and O–H groups in total. The van der Waals surface area contributed by atoms with Crippen molar-refractivity contribution in [2.24, 2.45) is 0 Å². The van der Waals surface area contributed by atoms with E-state index in [4.69, 9.17) is 4.74 Å². The summed E-state index contributed by atoms with van der Waals surface area (Å²) in [5.41, 5.74) is 0.257. The first-order valence-electron chi connectivity index (χ1n) is 9.86. The van der Waals surface area contributed by atoms with Crippen molar-refractivity contribution < 1.29 is 14.3 Å². The van der Waals surface area contributed by atoms with Crippen LogP contribution in [0, 0.1) is 0 Å². The number of hydrogen-bond acceptors (Lipinski definition) is 3. The Kier molecular flexibility index (Phi) is 5.84. The van der Waals surface area contributed by atoms with Crippen LogP contribution in [0.1, 0.15) is 64.4 Å². The van der Waals surface area contributed by atoms with E-state index >= 15 is 0 Å². The smallest absolute Gasteiger partial charge is 0.245 e. The third-order valence-electron chi connectivity index (χ3n) is 5.73. The summed E-state index contributed by atoms with van der Waals surface area (Å²) in [5, 5.41) is 3.21. The highest BCUT2D eigenvalue weighted by atomic mass is 16.5. The number of benzene rings is 1. The largest absolute Gasteiger partial charge is 0.494 e. The molecule has 5 heteroatoms. The second-order valence-electron chi connectivity index (χ2n) is 7.64. The van der Waals surface area contributed by atoms with Gasteiger partial charge in [-0.3, -0.25) is 9.59 Å². The summed E-state index contributed by atoms with van der Waals surface area (Å²) in [7, 11) is 0. The lowest BCUT2D eigenvalue weighted by Gasteiger charge is -2.36. The molecule has 2 aliphatic rings. The number of nitrogens with one attached hydrogen (secondary N) is 1. The molecule has 26 heavy (non-hydrogen) atoms. The normalized spacial score (nSPS) is 23.9. The summed E-state index contributed by atoms with van der Waals surface area (Å²) < 4.78 is 5.47. The number of hydrogen-bond donors (Lipinski definition) is 1. The molecule has 0 spiro atoms. The van der Waals surface area contributed by atoms with Crippen molar-refractivity contribution in [1.29, 1.82) is 0 Å². The highest BCUT2D eigenvalue weighted by molar-refractivity contribution is 5.94. The maximum Gasteiger partial charge on any atom is 0.245 e. The van der Waals surface area contributed by atoms with Crippen molar-refractivity contribution in [3.63, 3.8) is 0 Å². The first-order valence-corrected chi connectivity index (χ1v) is 9.86. The minimum atomic E-state index is -0.757. The van der Waals surface area contributed by atoms with Crippen LogP contribution in [0.4, 0.5) is 0 Å². The van der Waals surface area contributed by atoms with E-state index in [0.717, 1.165) is 24.2 Å². The van der Waals surface area contributed by atoms with Crippen LogP contribution >= 0.6 is 0 Å². The first-order chi connectivity index (χ1) is 12.5. The molecule has 1 aromatic carbocycles. The molecule has 1 saturated heterocycles. The van der Waals surface area contributed by atoms with E-state index in [1.807, 2.05) is 38.1 Å². The Labute approximate surface area is 156 Å². The van der Waals surface area contributed by atoms with Gasteiger partial charge in [0.1, 0.15) is 11.3 Å². The molecule has 0 radical (unpaired) electrons. The molecule has 1 atom stereocenters. The summed E-state index contributed by atoms with van der Waals surface area (Å²) in [6.45, 7) is 4.95. The molecule has 3 rings (SSSR count). The van der Waals surface area contributed by atoms with Gasteiger partial charge >= 0.3 is 0 Å². The number of carbonyl (C=O) groups is 2. The van der Waals surface area contributed by atoms with Crippen LogP contribution in [0.2, 0.25) is 0 Å². The number of ether oxygens (including phenoxy) is 1. The van der Waals surface area contributed by atoms with Crippen molar-refractivity contribution in [2.75, 3.05) is 6.61 Å². The zero-order valence-electron chi connectivity index (χ0n) is 15.9. The zero-order chi connectivity index (χ0) is 18.6. The Hall–Kier alpha value is -2.04. The standard InChI is InChI=1S/C21H30N2O3/c1-3-26-18-11-9-16(10-12-18)15-23-19(24)13-14-21(23,2)20(25)22-17-7-5-4-6-8-17/h9-12,17H,3-8,13-15H2,1-2H3,(H,22,25). The van der Waals surface area contributed by atoms with Crippen molar-refractivity contribution in [1.82, 2.24) is 10.2 Å². The van der Waals surface area contributed by atoms with E-state index in [-0.39, 0.29) is 17.9 Å². The fraction of sp³-hybridized carbons (Fsp3) is 0.619. The molecule has 1 unspecified atom stereocenters. The van der Waals surface area contributed by atoms with Crippen LogP contribution in [-0.4, -0.2) is 34.9 Å². The van der Waals surface area contributed by atoms with Gasteiger partial charge in [0.15, 0.2) is 0 Å². The number of likely N-dealkylation sites (tertiary alicyclic amines) is 1. The lowest BCUT2D eigenvalue weighted by molar-refractivity contribution is -0.141. The first kappa shape index (κ1) is 18.7. The number of rotatable bonds is 6. The van der Waals surface area contributed by atoms with E-state index in [1.165, 1.54) is 19.3 Å². The van der Waals surface area contributed by atoms with Gasteiger partial charge in [-0.05, 0) is 50.8 Å². The van der Waals surface area contributed by atoms with Crippen LogP contribution in [0.5, 0.6) is 5.75 Å². The summed E-state index contributed by atoms with van der Waals surface area (Å²) in [6.07, 6.45) is 6.73. The molecule has 1 aliphatic carbocycles. The Morgan fingerprint density at radius 2 is 1.92 bits per heavy atom. The van der Waals surface area contributed by atoms with Crippen molar-refractivity contribution >= 4 is 11.8 Å². The minimum Gasteiger partial charge on any atom is -0.494 e. The van der Waals surface area contributed by atoms with Gasteiger partial charge in [-0.15, -0.1) is 0 Å². The molecular weight excluding hydrogens is 328 g/mol. The van der Waals surface area contributed by atoms with Gasteiger partial charge in [-0.2, -0.15) is 0 Å². The van der Waals surface area contributed by atoms with Gasteiger partial charge in [0.25, 0.3) is 0 Å². The predicted molar refractivity (Wildman–Crippen MR) is 101 cm³/mol. The van der Waals surface area contributed by atoms with E-state index in [2.05, 4.69) is 5.32 Å². The van der Waals surface area contributed by atoms with E-state index < -0.39 is 5.54 Å². The molecular formula is C21H30N2O3. The average Bonchev–Trinajstić information content (AvgIpc) is 2.94. The number of nitrogens with zero attached hydrogens (tertiary/aromatic N) is 1. The van der Waals surface area contributed by atoms with E-state index in [0.29, 0.717) is 26.0 Å². The quantitative estimate of drug-likeness (QED) is 0.848. The molecule has 1 aromatic rings. The fourth-order valence-electron chi connectivity index (χ4n) is 4.02. The van der Waals surface area contributed by atoms with Crippen LogP contribution < -0.4 is 10.1 Å². The number of carbonyl (C=O) groups excluding carboxylic acids is 2. The summed E-state index contributed by atoms with van der Waals surface area (Å²) >= 11 is 0. The topological polar surface area (TPSA) is 58.6 Å². The Morgan fingerprint density at radius 3 is 2.58 bits per heavy atom. The molecule has 1 aliphatic heterocycles. The lowest BCUT2D eigenvalue weighted by atomic mass is 9.92. The van der Waals surface area contributed by atoms with Crippen molar-refractivity contribution in [3.8, 4) is 5.75 Å². The monoisotopic (exact) mass is 358 g/mol. The predicted octanol–water partition coefficient (Wildman–Crippen LogP) is 3.42. The summed E-state index contributed by atoms with van der Waals surface area (Å²) in [5.74, 6) is 0.878. The SMILES string of the molecule is CCOc1ccc(CN2C(=O)CCC2(C)C(=O)NC2CCCCC2)cc1. The molecule has 142 valence electrons. The van der Waals surface area contributed by atoms with Crippen LogP contribution in [-0.2, 0) is 16.1 Å². The Balaban J connectivity index is 1.69. The van der Waals surface area contributed by atoms with E-state index in [1.54, 1.807) is 4.90 Å². The minimum absolute atomic E-state index is 0.00110. The second-order valence-corrected chi connectivity index (χ2v) is 7.64. The third kappa shape index (κ3) is 4.02. The summed E-state index contributed by atoms with van der Waals surface area (Å²) in [4.78, 5) is 27.2. The van der Waals surface area contributed by atoms with Crippen LogP contribution in [0.3, 0.4) is 0 Å². The van der Waals surface area contributed by atoms with Crippen LogP contribution in [0.15, 0.2) is 24.3 Å². The lowest BCUT2D eigenvalue weighted by Crippen LogP contribution is -2.56. The van der Waals surface area contributed by atoms with Gasteiger partial charge in [0, 0.05) is 19.0 Å². The summed E-state index contributed by atoms with van der Waals surface area (Å²) in [6, 6.07) is 8.03. The highest BCUT2D eigenvalue weighted by Gasteiger charge is 2.47. The van der Waals surface area contributed by atoms with Crippen molar-refractivity contribution in [3.05, 3.63) is 29.8 Å². The second kappa shape index (κ2) is 8.11. The maximum absolute atomic E-state index is 13.0. The highest BCUT2D eigenvalue weighted by Crippen LogP contribution is 2.33. The number of amides is 2. The maximum atomic E-state index is 13.0. The van der Waals surface area contributed by atoms with Gasteiger partial charge in [-0.25, -0.2) is 0 Å². The van der Waals surface area contributed by atoms with Gasteiger partial charge in [-0.1, -0.05) is 31.4 Å². The fourth-order valence-corrected chi connectivity index (χ4v) is 4.02. The molecule has 1 heterocycles. The third-order valence-corrected chi connectivity index (χ3v) is 5.73. The molecule has 2 amide bonds. The Morgan fingerprint density at radius 1 is 1.23 bits per heavy atom. The zero-order valence-corrected chi connectivity index (χ0v) is 15.9. The molecule has 2 fully saturated rings. The average molecular weight is 358 g/mol. The molecule has 5 nitrogen and oxygen atoms in total. The van der Waals surface area contributed by atoms with E-state index in [9.17, 15) is 9.59 Å². The van der Waals surface area contributed by atoms with Crippen LogP contribution in [0.25, 0.3) is 0 Å². The van der Waals surface area contributed by atoms with Gasteiger partial charge < -0.3 is 15.0 Å².